The second-order valence-electron chi connectivity index (χ2n) is 7.74. The molecule has 0 spiro atoms. The molecule has 0 rings (SSSR count). The molecule has 0 heterocycles. The van der Waals surface area contributed by atoms with Gasteiger partial charge in [0, 0.05) is 19.2 Å². The van der Waals surface area contributed by atoms with Gasteiger partial charge in [0.2, 0.25) is 11.8 Å². The van der Waals surface area contributed by atoms with Crippen molar-refractivity contribution in [1.82, 2.24) is 15.5 Å². The third-order valence-corrected chi connectivity index (χ3v) is 5.22. The molecule has 2 N–H and O–H groups in total. The molecule has 0 aliphatic carbocycles. The van der Waals surface area contributed by atoms with Crippen molar-refractivity contribution in [2.75, 3.05) is 26.7 Å². The van der Waals surface area contributed by atoms with Gasteiger partial charge in [-0.25, -0.2) is 4.79 Å². The van der Waals surface area contributed by atoms with Gasteiger partial charge in [0.05, 0.1) is 12.1 Å². The molecule has 0 radical (unpaired) electrons. The smallest absolute Gasteiger partial charge is 0.333 e. The molecule has 2 amide bonds. The van der Waals surface area contributed by atoms with Crippen LogP contribution >= 0.6 is 0 Å². The Hall–Kier alpha value is -1.89. The third kappa shape index (κ3) is 8.17. The van der Waals surface area contributed by atoms with E-state index in [0.29, 0.717) is 25.0 Å². The maximum Gasteiger partial charge on any atom is 0.333 e. The summed E-state index contributed by atoms with van der Waals surface area (Å²) in [4.78, 5) is 39.3. The highest BCUT2D eigenvalue weighted by atomic mass is 16.5. The molecule has 168 valence electrons. The lowest BCUT2D eigenvalue weighted by Crippen LogP contribution is -2.61. The van der Waals surface area contributed by atoms with E-state index in [1.165, 1.54) is 4.90 Å². The van der Waals surface area contributed by atoms with Crippen molar-refractivity contribution in [3.8, 4) is 0 Å². The standard InChI is InChI=1S/C22H41N3O4/c1-9-14-23-22(10-2,11-3)21(28)24-18(16(5)6)19(26)25(8)15-13-17(7)20(27)29-12-4/h13,16,18,23H,9-12,14-15H2,1-8H3,(H,24,28)/b17-13+. The average molecular weight is 412 g/mol. The van der Waals surface area contributed by atoms with Gasteiger partial charge in [-0.1, -0.05) is 40.7 Å². The lowest BCUT2D eigenvalue weighted by molar-refractivity contribution is -0.139. The fourth-order valence-corrected chi connectivity index (χ4v) is 2.99. The minimum absolute atomic E-state index is 0.0679. The Morgan fingerprint density at radius 3 is 2.14 bits per heavy atom. The Kier molecular flexibility index (Phi) is 12.5. The van der Waals surface area contributed by atoms with Crippen molar-refractivity contribution in [3.63, 3.8) is 0 Å². The van der Waals surface area contributed by atoms with Gasteiger partial charge in [0.1, 0.15) is 6.04 Å². The summed E-state index contributed by atoms with van der Waals surface area (Å²) in [7, 11) is 1.67. The van der Waals surface area contributed by atoms with Crippen LogP contribution < -0.4 is 10.6 Å². The fraction of sp³-hybridized carbons (Fsp3) is 0.773. The SMILES string of the molecule is CCCNC(CC)(CC)C(=O)NC(C(=O)N(C)C/C=C(\C)C(=O)OCC)C(C)C. The zero-order valence-corrected chi connectivity index (χ0v) is 19.6. The van der Waals surface area contributed by atoms with E-state index in [4.69, 9.17) is 4.74 Å². The van der Waals surface area contributed by atoms with Crippen LogP contribution in [0.25, 0.3) is 0 Å². The Morgan fingerprint density at radius 1 is 1.10 bits per heavy atom. The molecular weight excluding hydrogens is 370 g/mol. The van der Waals surface area contributed by atoms with Gasteiger partial charge in [-0.15, -0.1) is 0 Å². The second kappa shape index (κ2) is 13.4. The van der Waals surface area contributed by atoms with Gasteiger partial charge in [0.15, 0.2) is 0 Å². The van der Waals surface area contributed by atoms with Crippen LogP contribution in [0.4, 0.5) is 0 Å². The minimum atomic E-state index is -0.678. The minimum Gasteiger partial charge on any atom is -0.463 e. The van der Waals surface area contributed by atoms with Crippen LogP contribution in [0.3, 0.4) is 0 Å². The monoisotopic (exact) mass is 411 g/mol. The van der Waals surface area contributed by atoms with Crippen LogP contribution in [-0.2, 0) is 19.1 Å². The quantitative estimate of drug-likeness (QED) is 0.359. The first-order valence-electron chi connectivity index (χ1n) is 10.7. The highest BCUT2D eigenvalue weighted by Gasteiger charge is 2.37. The van der Waals surface area contributed by atoms with Crippen molar-refractivity contribution in [2.45, 2.75) is 79.3 Å². The number of nitrogens with one attached hydrogen (secondary N) is 2. The predicted octanol–water partition coefficient (Wildman–Crippen LogP) is 2.65. The fourth-order valence-electron chi connectivity index (χ4n) is 2.99. The van der Waals surface area contributed by atoms with Gasteiger partial charge >= 0.3 is 5.97 Å². The van der Waals surface area contributed by atoms with Gasteiger partial charge in [-0.05, 0) is 45.6 Å². The maximum absolute atomic E-state index is 13.1. The summed E-state index contributed by atoms with van der Waals surface area (Å²) >= 11 is 0. The van der Waals surface area contributed by atoms with Crippen LogP contribution in [0.2, 0.25) is 0 Å². The number of nitrogens with zero attached hydrogens (tertiary/aromatic N) is 1. The van der Waals surface area contributed by atoms with Crippen molar-refractivity contribution in [1.29, 1.82) is 0 Å². The highest BCUT2D eigenvalue weighted by Crippen LogP contribution is 2.17. The molecule has 0 aromatic rings. The topological polar surface area (TPSA) is 87.7 Å². The van der Waals surface area contributed by atoms with E-state index in [2.05, 4.69) is 17.6 Å². The first-order chi connectivity index (χ1) is 13.6. The summed E-state index contributed by atoms with van der Waals surface area (Å²) in [6.07, 6.45) is 3.88. The number of ether oxygens (including phenoxy) is 1. The van der Waals surface area contributed by atoms with Gasteiger partial charge < -0.3 is 20.3 Å². The molecule has 0 aliphatic rings. The van der Waals surface area contributed by atoms with E-state index >= 15 is 0 Å². The molecule has 0 saturated heterocycles. The van der Waals surface area contributed by atoms with E-state index in [1.807, 2.05) is 27.7 Å². The molecular formula is C22H41N3O4. The third-order valence-electron chi connectivity index (χ3n) is 5.22. The Bertz CT molecular complexity index is 568. The Labute approximate surface area is 176 Å². The lowest BCUT2D eigenvalue weighted by Gasteiger charge is -2.35. The molecule has 0 saturated carbocycles. The number of hydrogen-bond donors (Lipinski definition) is 2. The first kappa shape index (κ1) is 27.1. The molecule has 0 fully saturated rings. The molecule has 1 unspecified atom stereocenters. The Morgan fingerprint density at radius 2 is 1.69 bits per heavy atom. The van der Waals surface area contributed by atoms with E-state index in [0.717, 1.165) is 13.0 Å². The molecule has 0 aromatic carbocycles. The molecule has 0 aliphatic heterocycles. The summed E-state index contributed by atoms with van der Waals surface area (Å²) < 4.78 is 4.95. The zero-order chi connectivity index (χ0) is 22.6. The van der Waals surface area contributed by atoms with Crippen LogP contribution in [0.5, 0.6) is 0 Å². The van der Waals surface area contributed by atoms with E-state index in [-0.39, 0.29) is 30.2 Å². The van der Waals surface area contributed by atoms with E-state index in [9.17, 15) is 14.4 Å². The molecule has 7 heteroatoms. The number of likely N-dealkylation sites (N-methyl/N-ethyl adjacent to an activating group) is 1. The normalized spacial score (nSPS) is 13.2. The Balaban J connectivity index is 5.29. The molecule has 0 bridgehead atoms. The van der Waals surface area contributed by atoms with E-state index < -0.39 is 11.6 Å². The van der Waals surface area contributed by atoms with Crippen LogP contribution in [0, 0.1) is 5.92 Å². The average Bonchev–Trinajstić information content (AvgIpc) is 2.70. The molecule has 1 atom stereocenters. The molecule has 29 heavy (non-hydrogen) atoms. The van der Waals surface area contributed by atoms with Crippen LogP contribution in [0.1, 0.15) is 67.7 Å². The summed E-state index contributed by atoms with van der Waals surface area (Å²) in [5, 5.41) is 6.34. The van der Waals surface area contributed by atoms with Crippen molar-refractivity contribution < 1.29 is 19.1 Å². The largest absolute Gasteiger partial charge is 0.463 e. The molecule has 7 nitrogen and oxygen atoms in total. The highest BCUT2D eigenvalue weighted by molar-refractivity contribution is 5.92. The maximum atomic E-state index is 13.1. The summed E-state index contributed by atoms with van der Waals surface area (Å²) in [6.45, 7) is 14.6. The van der Waals surface area contributed by atoms with Crippen LogP contribution in [-0.4, -0.2) is 61.0 Å². The summed E-state index contributed by atoms with van der Waals surface area (Å²) in [5.74, 6) is -0.783. The second-order valence-corrected chi connectivity index (χ2v) is 7.74. The van der Waals surface area contributed by atoms with Gasteiger partial charge in [-0.2, -0.15) is 0 Å². The van der Waals surface area contributed by atoms with Gasteiger partial charge in [-0.3, -0.25) is 9.59 Å². The summed E-state index contributed by atoms with van der Waals surface area (Å²) in [6, 6.07) is -0.635. The van der Waals surface area contributed by atoms with Crippen LogP contribution in [0.15, 0.2) is 11.6 Å². The lowest BCUT2D eigenvalue weighted by atomic mass is 9.90. The predicted molar refractivity (Wildman–Crippen MR) is 116 cm³/mol. The first-order valence-corrected chi connectivity index (χ1v) is 10.7. The van der Waals surface area contributed by atoms with Gasteiger partial charge in [0.25, 0.3) is 0 Å². The number of carbonyl (C=O) groups excluding carboxylic acids is 3. The number of esters is 1. The molecule has 0 aromatic heterocycles. The number of rotatable bonds is 13. The van der Waals surface area contributed by atoms with Crippen molar-refractivity contribution >= 4 is 17.8 Å². The zero-order valence-electron chi connectivity index (χ0n) is 19.6. The number of hydrogen-bond acceptors (Lipinski definition) is 5. The van der Waals surface area contributed by atoms with E-state index in [1.54, 1.807) is 27.0 Å². The van der Waals surface area contributed by atoms with Crippen molar-refractivity contribution in [2.24, 2.45) is 5.92 Å². The summed E-state index contributed by atoms with van der Waals surface area (Å²) in [5.41, 5.74) is -0.223. The number of amides is 2. The number of carbonyl (C=O) groups is 3. The van der Waals surface area contributed by atoms with Crippen molar-refractivity contribution in [3.05, 3.63) is 11.6 Å².